The minimum Gasteiger partial charge on any atom is -0.478 e. The van der Waals surface area contributed by atoms with Gasteiger partial charge in [0.05, 0.1) is 0 Å². The van der Waals surface area contributed by atoms with Crippen molar-refractivity contribution in [1.82, 2.24) is 0 Å². The Kier molecular flexibility index (Phi) is 3.94. The van der Waals surface area contributed by atoms with Gasteiger partial charge in [0.25, 0.3) is 0 Å². The van der Waals surface area contributed by atoms with E-state index in [1.807, 2.05) is 54.6 Å². The molecule has 2 heteroatoms. The van der Waals surface area contributed by atoms with Crippen LogP contribution in [0.15, 0.2) is 61.2 Å². The first-order valence-electron chi connectivity index (χ1n) is 5.93. The molecule has 0 aromatic heterocycles. The SMILES string of the molecule is C=Cc1ccccc1-c1ccc(C=CC(=O)O)cc1. The molecule has 2 nitrogen and oxygen atoms in total. The van der Waals surface area contributed by atoms with E-state index in [9.17, 15) is 4.79 Å². The van der Waals surface area contributed by atoms with Gasteiger partial charge in [-0.15, -0.1) is 0 Å². The molecule has 0 amide bonds. The largest absolute Gasteiger partial charge is 0.478 e. The third-order valence-corrected chi connectivity index (χ3v) is 2.82. The standard InChI is InChI=1S/C17H14O2/c1-2-14-5-3-4-6-16(14)15-10-7-13(8-11-15)9-12-17(18)19/h2-12H,1H2,(H,18,19). The third kappa shape index (κ3) is 3.19. The molecule has 2 rings (SSSR count). The summed E-state index contributed by atoms with van der Waals surface area (Å²) in [5.74, 6) is -0.943. The number of hydrogen-bond acceptors (Lipinski definition) is 1. The van der Waals surface area contributed by atoms with Crippen LogP contribution in [0.2, 0.25) is 0 Å². The van der Waals surface area contributed by atoms with Gasteiger partial charge in [-0.1, -0.05) is 61.2 Å². The van der Waals surface area contributed by atoms with Crippen molar-refractivity contribution in [3.8, 4) is 11.1 Å². The molecular formula is C17H14O2. The lowest BCUT2D eigenvalue weighted by Crippen LogP contribution is -1.86. The summed E-state index contributed by atoms with van der Waals surface area (Å²) in [6, 6.07) is 15.8. The summed E-state index contributed by atoms with van der Waals surface area (Å²) in [6.07, 6.45) is 4.53. The molecule has 0 spiro atoms. The normalized spacial score (nSPS) is 10.5. The second-order valence-electron chi connectivity index (χ2n) is 4.08. The summed E-state index contributed by atoms with van der Waals surface area (Å²) < 4.78 is 0. The average molecular weight is 250 g/mol. The predicted molar refractivity (Wildman–Crippen MR) is 78.6 cm³/mol. The summed E-state index contributed by atoms with van der Waals surface area (Å²) in [4.78, 5) is 10.4. The summed E-state index contributed by atoms with van der Waals surface area (Å²) in [5, 5.41) is 8.58. The molecule has 94 valence electrons. The molecule has 0 saturated carbocycles. The predicted octanol–water partition coefficient (Wildman–Crippen LogP) is 4.09. The highest BCUT2D eigenvalue weighted by Gasteiger charge is 2.01. The number of carboxylic acids is 1. The lowest BCUT2D eigenvalue weighted by Gasteiger charge is -2.06. The Morgan fingerprint density at radius 2 is 1.74 bits per heavy atom. The van der Waals surface area contributed by atoms with Crippen LogP contribution in [-0.4, -0.2) is 11.1 Å². The van der Waals surface area contributed by atoms with Gasteiger partial charge in [-0.3, -0.25) is 0 Å². The van der Waals surface area contributed by atoms with Crippen LogP contribution in [-0.2, 0) is 4.79 Å². The monoisotopic (exact) mass is 250 g/mol. The van der Waals surface area contributed by atoms with Crippen molar-refractivity contribution < 1.29 is 9.90 Å². The Bertz CT molecular complexity index is 622. The lowest BCUT2D eigenvalue weighted by atomic mass is 9.99. The van der Waals surface area contributed by atoms with Gasteiger partial charge in [0.2, 0.25) is 0 Å². The second-order valence-corrected chi connectivity index (χ2v) is 4.08. The number of carboxylic acid groups (broad SMARTS) is 1. The number of hydrogen-bond donors (Lipinski definition) is 1. The molecule has 0 radical (unpaired) electrons. The quantitative estimate of drug-likeness (QED) is 0.830. The van der Waals surface area contributed by atoms with Crippen LogP contribution in [0.4, 0.5) is 0 Å². The van der Waals surface area contributed by atoms with Crippen molar-refractivity contribution in [2.75, 3.05) is 0 Å². The van der Waals surface area contributed by atoms with Crippen LogP contribution in [0, 0.1) is 0 Å². The fourth-order valence-corrected chi connectivity index (χ4v) is 1.88. The van der Waals surface area contributed by atoms with E-state index in [0.717, 1.165) is 28.3 Å². The first kappa shape index (κ1) is 12.8. The highest BCUT2D eigenvalue weighted by Crippen LogP contribution is 2.24. The van der Waals surface area contributed by atoms with E-state index in [2.05, 4.69) is 6.58 Å². The van der Waals surface area contributed by atoms with Gasteiger partial charge in [-0.05, 0) is 28.3 Å². The lowest BCUT2D eigenvalue weighted by molar-refractivity contribution is -0.131. The van der Waals surface area contributed by atoms with Crippen molar-refractivity contribution in [3.63, 3.8) is 0 Å². The molecule has 0 saturated heterocycles. The van der Waals surface area contributed by atoms with Gasteiger partial charge in [0, 0.05) is 6.08 Å². The van der Waals surface area contributed by atoms with Crippen LogP contribution < -0.4 is 0 Å². The summed E-state index contributed by atoms with van der Waals surface area (Å²) >= 11 is 0. The molecule has 0 unspecified atom stereocenters. The average Bonchev–Trinajstić information content (AvgIpc) is 2.45. The topological polar surface area (TPSA) is 37.3 Å². The zero-order valence-corrected chi connectivity index (χ0v) is 10.4. The van der Waals surface area contributed by atoms with Crippen molar-refractivity contribution in [2.45, 2.75) is 0 Å². The smallest absolute Gasteiger partial charge is 0.328 e. The fraction of sp³-hybridized carbons (Fsp3) is 0. The number of benzene rings is 2. The molecule has 0 aliphatic carbocycles. The zero-order valence-electron chi connectivity index (χ0n) is 10.4. The molecule has 0 atom stereocenters. The van der Waals surface area contributed by atoms with Crippen molar-refractivity contribution in [3.05, 3.63) is 72.3 Å². The van der Waals surface area contributed by atoms with Crippen LogP contribution >= 0.6 is 0 Å². The van der Waals surface area contributed by atoms with E-state index in [-0.39, 0.29) is 0 Å². The molecule has 0 aliphatic heterocycles. The third-order valence-electron chi connectivity index (χ3n) is 2.82. The van der Waals surface area contributed by atoms with Crippen molar-refractivity contribution >= 4 is 18.1 Å². The minimum absolute atomic E-state index is 0.863. The van der Waals surface area contributed by atoms with Crippen LogP contribution in [0.5, 0.6) is 0 Å². The molecule has 0 heterocycles. The Morgan fingerprint density at radius 1 is 1.05 bits per heavy atom. The van der Waals surface area contributed by atoms with Crippen LogP contribution in [0.3, 0.4) is 0 Å². The van der Waals surface area contributed by atoms with E-state index >= 15 is 0 Å². The van der Waals surface area contributed by atoms with E-state index in [1.54, 1.807) is 6.08 Å². The van der Waals surface area contributed by atoms with Gasteiger partial charge < -0.3 is 5.11 Å². The maximum atomic E-state index is 10.4. The molecule has 19 heavy (non-hydrogen) atoms. The number of carbonyl (C=O) groups is 1. The van der Waals surface area contributed by atoms with Gasteiger partial charge in [0.15, 0.2) is 0 Å². The molecule has 2 aromatic rings. The Hall–Kier alpha value is -2.61. The molecular weight excluding hydrogens is 236 g/mol. The van der Waals surface area contributed by atoms with Gasteiger partial charge >= 0.3 is 5.97 Å². The van der Waals surface area contributed by atoms with E-state index in [0.29, 0.717) is 0 Å². The first-order chi connectivity index (χ1) is 9.20. The number of aliphatic carboxylic acids is 1. The molecule has 2 aromatic carbocycles. The van der Waals surface area contributed by atoms with Crippen LogP contribution in [0.25, 0.3) is 23.3 Å². The zero-order chi connectivity index (χ0) is 13.7. The Morgan fingerprint density at radius 3 is 2.37 bits per heavy atom. The highest BCUT2D eigenvalue weighted by atomic mass is 16.4. The van der Waals surface area contributed by atoms with E-state index in [1.165, 1.54) is 0 Å². The molecule has 0 bridgehead atoms. The molecule has 0 fully saturated rings. The van der Waals surface area contributed by atoms with E-state index < -0.39 is 5.97 Å². The summed E-state index contributed by atoms with van der Waals surface area (Å²) in [7, 11) is 0. The van der Waals surface area contributed by atoms with Crippen LogP contribution in [0.1, 0.15) is 11.1 Å². The van der Waals surface area contributed by atoms with Gasteiger partial charge in [-0.25, -0.2) is 4.79 Å². The van der Waals surface area contributed by atoms with E-state index in [4.69, 9.17) is 5.11 Å². The summed E-state index contributed by atoms with van der Waals surface area (Å²) in [5.41, 5.74) is 4.15. The second kappa shape index (κ2) is 5.83. The van der Waals surface area contributed by atoms with Gasteiger partial charge in [0.1, 0.15) is 0 Å². The van der Waals surface area contributed by atoms with Crippen molar-refractivity contribution in [2.24, 2.45) is 0 Å². The Labute approximate surface area is 112 Å². The highest BCUT2D eigenvalue weighted by molar-refractivity contribution is 5.85. The minimum atomic E-state index is -0.943. The van der Waals surface area contributed by atoms with Crippen molar-refractivity contribution in [1.29, 1.82) is 0 Å². The molecule has 0 aliphatic rings. The maximum Gasteiger partial charge on any atom is 0.328 e. The van der Waals surface area contributed by atoms with Gasteiger partial charge in [-0.2, -0.15) is 0 Å². The fourth-order valence-electron chi connectivity index (χ4n) is 1.88. The first-order valence-corrected chi connectivity index (χ1v) is 5.93. The Balaban J connectivity index is 2.32. The maximum absolute atomic E-state index is 10.4. The summed E-state index contributed by atoms with van der Waals surface area (Å²) in [6.45, 7) is 3.81. The molecule has 1 N–H and O–H groups in total. The number of rotatable bonds is 4.